The number of amides is 1. The molecule has 0 spiro atoms. The van der Waals surface area contributed by atoms with E-state index in [1.807, 2.05) is 12.1 Å². The summed E-state index contributed by atoms with van der Waals surface area (Å²) in [6.07, 6.45) is 3.79. The van der Waals surface area contributed by atoms with Gasteiger partial charge in [-0.3, -0.25) is 4.79 Å². The lowest BCUT2D eigenvalue weighted by molar-refractivity contribution is -0.123. The van der Waals surface area contributed by atoms with Crippen LogP contribution in [-0.4, -0.2) is 38.9 Å². The predicted molar refractivity (Wildman–Crippen MR) is 102 cm³/mol. The molecule has 0 bridgehead atoms. The number of furan rings is 1. The molecule has 1 fully saturated rings. The molecule has 1 N–H and O–H groups in total. The number of para-hydroxylation sites is 2. The number of carbonyl (C=O) groups excluding carboxylic acids is 1. The fourth-order valence-corrected chi connectivity index (χ4v) is 3.21. The van der Waals surface area contributed by atoms with E-state index in [9.17, 15) is 4.79 Å². The molecule has 138 valence electrons. The van der Waals surface area contributed by atoms with Crippen LogP contribution in [0.2, 0.25) is 0 Å². The molecule has 2 aromatic rings. The molecule has 3 rings (SSSR count). The monoisotopic (exact) mass is 421 g/mol. The highest BCUT2D eigenvalue weighted by molar-refractivity contribution is 9.10. The Morgan fingerprint density at radius 1 is 1.35 bits per heavy atom. The highest BCUT2D eigenvalue weighted by Gasteiger charge is 2.19. The number of hydrazone groups is 1. The summed E-state index contributed by atoms with van der Waals surface area (Å²) < 4.78 is 17.3. The molecule has 2 heterocycles. The van der Waals surface area contributed by atoms with Gasteiger partial charge < -0.3 is 18.8 Å². The summed E-state index contributed by atoms with van der Waals surface area (Å²) in [5.74, 6) is 2.05. The van der Waals surface area contributed by atoms with Gasteiger partial charge in [0.05, 0.1) is 17.8 Å². The highest BCUT2D eigenvalue weighted by Crippen LogP contribution is 2.31. The summed E-state index contributed by atoms with van der Waals surface area (Å²) >= 11 is 3.50. The van der Waals surface area contributed by atoms with Crippen LogP contribution < -0.4 is 19.8 Å². The zero-order valence-electron chi connectivity index (χ0n) is 14.4. The van der Waals surface area contributed by atoms with E-state index in [2.05, 4.69) is 31.4 Å². The first-order valence-electron chi connectivity index (χ1n) is 8.29. The van der Waals surface area contributed by atoms with Gasteiger partial charge in [0.1, 0.15) is 0 Å². The lowest BCUT2D eigenvalue weighted by atomic mass is 10.3. The lowest BCUT2D eigenvalue weighted by Gasteiger charge is -2.13. The van der Waals surface area contributed by atoms with Crippen molar-refractivity contribution >= 4 is 33.9 Å². The van der Waals surface area contributed by atoms with Crippen molar-refractivity contribution in [3.63, 3.8) is 0 Å². The molecule has 1 aliphatic rings. The summed E-state index contributed by atoms with van der Waals surface area (Å²) in [6, 6.07) is 8.96. The summed E-state index contributed by atoms with van der Waals surface area (Å²) in [7, 11) is 1.55. The molecule has 0 atom stereocenters. The maximum Gasteiger partial charge on any atom is 0.277 e. The maximum atomic E-state index is 11.8. The number of methoxy groups -OCH3 is 1. The van der Waals surface area contributed by atoms with Crippen LogP contribution in [0.15, 0.2) is 44.3 Å². The van der Waals surface area contributed by atoms with Gasteiger partial charge in [0.15, 0.2) is 23.9 Å². The van der Waals surface area contributed by atoms with Crippen LogP contribution in [0.4, 0.5) is 5.88 Å². The first-order chi connectivity index (χ1) is 12.7. The summed E-state index contributed by atoms with van der Waals surface area (Å²) in [4.78, 5) is 14.0. The third-order valence-corrected chi connectivity index (χ3v) is 4.46. The number of nitrogens with one attached hydrogen (secondary N) is 1. The quantitative estimate of drug-likeness (QED) is 0.548. The van der Waals surface area contributed by atoms with Gasteiger partial charge >= 0.3 is 0 Å². The SMILES string of the molecule is COc1ccccc1OCC(=O)N/N=C/c1cc(Br)c(N2CCCC2)o1. The summed E-state index contributed by atoms with van der Waals surface area (Å²) in [5, 5.41) is 3.91. The normalized spacial score (nSPS) is 14.0. The maximum absolute atomic E-state index is 11.8. The van der Waals surface area contributed by atoms with Crippen LogP contribution in [0.1, 0.15) is 18.6 Å². The van der Waals surface area contributed by atoms with E-state index in [0.717, 1.165) is 23.4 Å². The molecule has 1 aliphatic heterocycles. The van der Waals surface area contributed by atoms with Gasteiger partial charge in [0.25, 0.3) is 5.91 Å². The largest absolute Gasteiger partial charge is 0.493 e. The molecule has 1 saturated heterocycles. The third-order valence-electron chi connectivity index (χ3n) is 3.89. The number of benzene rings is 1. The van der Waals surface area contributed by atoms with Crippen LogP contribution in [0.3, 0.4) is 0 Å². The Morgan fingerprint density at radius 3 is 2.81 bits per heavy atom. The minimum atomic E-state index is -0.377. The van der Waals surface area contributed by atoms with E-state index in [1.165, 1.54) is 19.1 Å². The molecule has 0 saturated carbocycles. The second-order valence-electron chi connectivity index (χ2n) is 5.73. The Kier molecular flexibility index (Phi) is 6.17. The van der Waals surface area contributed by atoms with Crippen molar-refractivity contribution in [2.75, 3.05) is 31.7 Å². The van der Waals surface area contributed by atoms with E-state index in [-0.39, 0.29) is 12.5 Å². The topological polar surface area (TPSA) is 76.3 Å². The number of hydrogen-bond donors (Lipinski definition) is 1. The van der Waals surface area contributed by atoms with Crippen molar-refractivity contribution in [1.29, 1.82) is 0 Å². The van der Waals surface area contributed by atoms with Gasteiger partial charge in [0.2, 0.25) is 5.88 Å². The van der Waals surface area contributed by atoms with Crippen molar-refractivity contribution in [2.45, 2.75) is 12.8 Å². The van der Waals surface area contributed by atoms with Crippen molar-refractivity contribution in [3.8, 4) is 11.5 Å². The van der Waals surface area contributed by atoms with Crippen LogP contribution in [0, 0.1) is 0 Å². The molecular weight excluding hydrogens is 402 g/mol. The number of rotatable bonds is 7. The standard InChI is InChI=1S/C18H20BrN3O4/c1-24-15-6-2-3-7-16(15)25-12-17(23)21-20-11-13-10-14(19)18(26-13)22-8-4-5-9-22/h2-3,6-7,10-11H,4-5,8-9,12H2,1H3,(H,21,23)/b20-11+. The Bertz CT molecular complexity index is 784. The van der Waals surface area contributed by atoms with E-state index in [0.29, 0.717) is 17.3 Å². The zero-order chi connectivity index (χ0) is 18.4. The Labute approximate surface area is 160 Å². The minimum Gasteiger partial charge on any atom is -0.493 e. The van der Waals surface area contributed by atoms with Gasteiger partial charge in [-0.2, -0.15) is 5.10 Å². The average molecular weight is 422 g/mol. The van der Waals surface area contributed by atoms with Crippen LogP contribution >= 0.6 is 15.9 Å². The van der Waals surface area contributed by atoms with Crippen molar-refractivity contribution in [1.82, 2.24) is 5.43 Å². The van der Waals surface area contributed by atoms with Crippen LogP contribution in [0.25, 0.3) is 0 Å². The molecule has 26 heavy (non-hydrogen) atoms. The van der Waals surface area contributed by atoms with Crippen molar-refractivity contribution < 1.29 is 18.7 Å². The molecule has 1 aromatic carbocycles. The second-order valence-corrected chi connectivity index (χ2v) is 6.58. The number of ether oxygens (including phenoxy) is 2. The van der Waals surface area contributed by atoms with E-state index in [1.54, 1.807) is 25.3 Å². The molecule has 1 aromatic heterocycles. The highest BCUT2D eigenvalue weighted by atomic mass is 79.9. The van der Waals surface area contributed by atoms with Crippen molar-refractivity contribution in [2.24, 2.45) is 5.10 Å². The van der Waals surface area contributed by atoms with Crippen LogP contribution in [0.5, 0.6) is 11.5 Å². The molecule has 8 heteroatoms. The molecular formula is C18H20BrN3O4. The third kappa shape index (κ3) is 4.57. The fraction of sp³-hybridized carbons (Fsp3) is 0.333. The van der Waals surface area contributed by atoms with E-state index >= 15 is 0 Å². The lowest BCUT2D eigenvalue weighted by Crippen LogP contribution is -2.24. The fourth-order valence-electron chi connectivity index (χ4n) is 2.66. The number of carbonyl (C=O) groups is 1. The molecule has 1 amide bonds. The Hall–Kier alpha value is -2.48. The molecule has 0 radical (unpaired) electrons. The number of hydrogen-bond acceptors (Lipinski definition) is 6. The van der Waals surface area contributed by atoms with Gasteiger partial charge in [-0.15, -0.1) is 0 Å². The second kappa shape index (κ2) is 8.75. The van der Waals surface area contributed by atoms with Gasteiger partial charge in [-0.1, -0.05) is 12.1 Å². The number of nitrogens with zero attached hydrogens (tertiary/aromatic N) is 2. The molecule has 0 aliphatic carbocycles. The summed E-state index contributed by atoms with van der Waals surface area (Å²) in [6.45, 7) is 1.80. The van der Waals surface area contributed by atoms with Gasteiger partial charge in [-0.05, 0) is 40.9 Å². The number of anilines is 1. The minimum absolute atomic E-state index is 0.168. The Morgan fingerprint density at radius 2 is 2.08 bits per heavy atom. The van der Waals surface area contributed by atoms with Crippen molar-refractivity contribution in [3.05, 3.63) is 40.6 Å². The Balaban J connectivity index is 1.50. The zero-order valence-corrected chi connectivity index (χ0v) is 16.0. The predicted octanol–water partition coefficient (Wildman–Crippen LogP) is 3.18. The number of halogens is 1. The molecule has 7 nitrogen and oxygen atoms in total. The summed E-state index contributed by atoms with van der Waals surface area (Å²) in [5.41, 5.74) is 2.41. The smallest absolute Gasteiger partial charge is 0.277 e. The van der Waals surface area contributed by atoms with E-state index < -0.39 is 0 Å². The molecule has 0 unspecified atom stereocenters. The first-order valence-corrected chi connectivity index (χ1v) is 9.08. The van der Waals surface area contributed by atoms with E-state index in [4.69, 9.17) is 13.9 Å². The van der Waals surface area contributed by atoms with Gasteiger partial charge in [-0.25, -0.2) is 5.43 Å². The van der Waals surface area contributed by atoms with Crippen LogP contribution in [-0.2, 0) is 4.79 Å². The first kappa shape index (κ1) is 18.3. The average Bonchev–Trinajstić information content (AvgIpc) is 3.29. The van der Waals surface area contributed by atoms with Gasteiger partial charge in [0, 0.05) is 19.2 Å².